The predicted molar refractivity (Wildman–Crippen MR) is 65.7 cm³/mol. The molecule has 0 bridgehead atoms. The van der Waals surface area contributed by atoms with E-state index in [1.54, 1.807) is 24.1 Å². The highest BCUT2D eigenvalue weighted by atomic mass is 79.9. The highest BCUT2D eigenvalue weighted by Crippen LogP contribution is 2.16. The monoisotopic (exact) mass is 297 g/mol. The maximum Gasteiger partial charge on any atom is 0.289 e. The van der Waals surface area contributed by atoms with E-state index in [1.807, 2.05) is 19.1 Å². The Balaban J connectivity index is 2.05. The third kappa shape index (κ3) is 2.79. The molecule has 0 radical (unpaired) electrons. The topological polar surface area (TPSA) is 46.6 Å². The highest BCUT2D eigenvalue weighted by molar-refractivity contribution is 9.10. The third-order valence-corrected chi connectivity index (χ3v) is 2.75. The first-order valence-electron chi connectivity index (χ1n) is 5.12. The standard InChI is InChI=1S/C12H12BrNO3/c1-8-3-4-9(16-8)7-14(2)12(15)10-5-6-11(13)17-10/h3-6H,7H2,1-2H3. The minimum atomic E-state index is -0.176. The molecule has 0 unspecified atom stereocenters. The molecule has 4 nitrogen and oxygen atoms in total. The summed E-state index contributed by atoms with van der Waals surface area (Å²) in [6, 6.07) is 7.06. The van der Waals surface area contributed by atoms with Crippen molar-refractivity contribution in [3.05, 3.63) is 46.2 Å². The van der Waals surface area contributed by atoms with Gasteiger partial charge >= 0.3 is 0 Å². The van der Waals surface area contributed by atoms with Gasteiger partial charge in [0.2, 0.25) is 0 Å². The Morgan fingerprint density at radius 3 is 2.59 bits per heavy atom. The van der Waals surface area contributed by atoms with E-state index >= 15 is 0 Å². The Bertz CT molecular complexity index is 529. The van der Waals surface area contributed by atoms with Gasteiger partial charge < -0.3 is 13.7 Å². The van der Waals surface area contributed by atoms with Crippen LogP contribution in [0, 0.1) is 6.92 Å². The van der Waals surface area contributed by atoms with E-state index in [9.17, 15) is 4.79 Å². The lowest BCUT2D eigenvalue weighted by molar-refractivity contribution is 0.0742. The second kappa shape index (κ2) is 4.79. The molecule has 2 rings (SSSR count). The molecular formula is C12H12BrNO3. The van der Waals surface area contributed by atoms with Gasteiger partial charge in [-0.05, 0) is 47.1 Å². The minimum Gasteiger partial charge on any atom is -0.464 e. The van der Waals surface area contributed by atoms with Gasteiger partial charge in [0.05, 0.1) is 6.54 Å². The summed E-state index contributed by atoms with van der Waals surface area (Å²) in [4.78, 5) is 13.5. The van der Waals surface area contributed by atoms with Crippen LogP contribution in [0.3, 0.4) is 0 Å². The fourth-order valence-electron chi connectivity index (χ4n) is 1.49. The van der Waals surface area contributed by atoms with E-state index < -0.39 is 0 Å². The summed E-state index contributed by atoms with van der Waals surface area (Å²) in [7, 11) is 1.70. The molecule has 0 N–H and O–H groups in total. The molecule has 0 fully saturated rings. The zero-order valence-corrected chi connectivity index (χ0v) is 11.2. The Labute approximate surface area is 107 Å². The van der Waals surface area contributed by atoms with Gasteiger partial charge in [0, 0.05) is 7.05 Å². The molecule has 1 amide bonds. The largest absolute Gasteiger partial charge is 0.464 e. The first-order valence-corrected chi connectivity index (χ1v) is 5.91. The number of furan rings is 2. The number of carbonyl (C=O) groups excluding carboxylic acids is 1. The van der Waals surface area contributed by atoms with Crippen molar-refractivity contribution in [2.24, 2.45) is 0 Å². The quantitative estimate of drug-likeness (QED) is 0.874. The molecule has 0 aliphatic rings. The van der Waals surface area contributed by atoms with E-state index in [4.69, 9.17) is 8.83 Å². The van der Waals surface area contributed by atoms with Crippen molar-refractivity contribution in [1.82, 2.24) is 4.90 Å². The Morgan fingerprint density at radius 2 is 2.06 bits per heavy atom. The number of hydrogen-bond acceptors (Lipinski definition) is 3. The first kappa shape index (κ1) is 12.0. The van der Waals surface area contributed by atoms with Crippen molar-refractivity contribution in [1.29, 1.82) is 0 Å². The number of hydrogen-bond donors (Lipinski definition) is 0. The van der Waals surface area contributed by atoms with Crippen molar-refractivity contribution < 1.29 is 13.6 Å². The summed E-state index contributed by atoms with van der Waals surface area (Å²) in [6.45, 7) is 2.29. The lowest BCUT2D eigenvalue weighted by Gasteiger charge is -2.13. The van der Waals surface area contributed by atoms with E-state index in [-0.39, 0.29) is 5.91 Å². The first-order chi connectivity index (χ1) is 8.06. The molecule has 0 aromatic carbocycles. The van der Waals surface area contributed by atoms with Gasteiger partial charge in [0.15, 0.2) is 10.4 Å². The molecule has 0 atom stereocenters. The van der Waals surface area contributed by atoms with Gasteiger partial charge in [-0.15, -0.1) is 0 Å². The van der Waals surface area contributed by atoms with Crippen molar-refractivity contribution in [3.8, 4) is 0 Å². The fourth-order valence-corrected chi connectivity index (χ4v) is 1.80. The van der Waals surface area contributed by atoms with Crippen molar-refractivity contribution in [2.75, 3.05) is 7.05 Å². The van der Waals surface area contributed by atoms with Gasteiger partial charge in [0.1, 0.15) is 11.5 Å². The number of aryl methyl sites for hydroxylation is 1. The average Bonchev–Trinajstić information content (AvgIpc) is 2.87. The molecule has 0 saturated heterocycles. The van der Waals surface area contributed by atoms with Crippen LogP contribution in [0.2, 0.25) is 0 Å². The number of rotatable bonds is 3. The Kier molecular flexibility index (Phi) is 3.38. The van der Waals surface area contributed by atoms with Crippen molar-refractivity contribution >= 4 is 21.8 Å². The minimum absolute atomic E-state index is 0.176. The van der Waals surface area contributed by atoms with Gasteiger partial charge in [-0.25, -0.2) is 0 Å². The van der Waals surface area contributed by atoms with E-state index in [1.165, 1.54) is 0 Å². The molecular weight excluding hydrogens is 286 g/mol. The molecule has 2 aromatic heterocycles. The number of halogens is 1. The number of carbonyl (C=O) groups is 1. The van der Waals surface area contributed by atoms with Crippen LogP contribution < -0.4 is 0 Å². The summed E-state index contributed by atoms with van der Waals surface area (Å²) in [5.41, 5.74) is 0. The van der Waals surface area contributed by atoms with Crippen molar-refractivity contribution in [3.63, 3.8) is 0 Å². The normalized spacial score (nSPS) is 10.5. The number of amides is 1. The molecule has 0 aliphatic heterocycles. The van der Waals surface area contributed by atoms with Crippen LogP contribution >= 0.6 is 15.9 Å². The second-order valence-corrected chi connectivity index (χ2v) is 4.56. The van der Waals surface area contributed by atoms with Crippen molar-refractivity contribution in [2.45, 2.75) is 13.5 Å². The summed E-state index contributed by atoms with van der Waals surface area (Å²) >= 11 is 3.16. The summed E-state index contributed by atoms with van der Waals surface area (Å²) in [5, 5.41) is 0. The number of nitrogens with zero attached hydrogens (tertiary/aromatic N) is 1. The molecule has 17 heavy (non-hydrogen) atoms. The smallest absolute Gasteiger partial charge is 0.289 e. The molecule has 0 aliphatic carbocycles. The van der Waals surface area contributed by atoms with Crippen LogP contribution in [0.4, 0.5) is 0 Å². The maximum absolute atomic E-state index is 11.9. The molecule has 90 valence electrons. The van der Waals surface area contributed by atoms with E-state index in [0.29, 0.717) is 17.0 Å². The SMILES string of the molecule is Cc1ccc(CN(C)C(=O)c2ccc(Br)o2)o1. The summed E-state index contributed by atoms with van der Waals surface area (Å²) < 4.78 is 11.2. The second-order valence-electron chi connectivity index (χ2n) is 3.78. The molecule has 5 heteroatoms. The Hall–Kier alpha value is -1.49. The highest BCUT2D eigenvalue weighted by Gasteiger charge is 2.16. The van der Waals surface area contributed by atoms with Crippen LogP contribution in [-0.4, -0.2) is 17.9 Å². The van der Waals surface area contributed by atoms with Gasteiger partial charge in [-0.3, -0.25) is 4.79 Å². The van der Waals surface area contributed by atoms with Crippen LogP contribution in [0.1, 0.15) is 22.1 Å². The fraction of sp³-hybridized carbons (Fsp3) is 0.250. The van der Waals surface area contributed by atoms with Crippen LogP contribution in [-0.2, 0) is 6.54 Å². The molecule has 0 saturated carbocycles. The zero-order chi connectivity index (χ0) is 12.4. The van der Waals surface area contributed by atoms with Crippen LogP contribution in [0.25, 0.3) is 0 Å². The third-order valence-electron chi connectivity index (χ3n) is 2.32. The molecule has 0 spiro atoms. The van der Waals surface area contributed by atoms with Crippen LogP contribution in [0.15, 0.2) is 37.8 Å². The molecule has 2 aromatic rings. The van der Waals surface area contributed by atoms with Crippen LogP contribution in [0.5, 0.6) is 0 Å². The maximum atomic E-state index is 11.9. The average molecular weight is 298 g/mol. The van der Waals surface area contributed by atoms with E-state index in [2.05, 4.69) is 15.9 Å². The Morgan fingerprint density at radius 1 is 1.29 bits per heavy atom. The molecule has 2 heterocycles. The van der Waals surface area contributed by atoms with Gasteiger partial charge in [0.25, 0.3) is 5.91 Å². The predicted octanol–water partition coefficient (Wildman–Crippen LogP) is 3.22. The lowest BCUT2D eigenvalue weighted by atomic mass is 10.3. The summed E-state index contributed by atoms with van der Waals surface area (Å²) in [5.74, 6) is 1.72. The summed E-state index contributed by atoms with van der Waals surface area (Å²) in [6.07, 6.45) is 0. The zero-order valence-electron chi connectivity index (χ0n) is 9.57. The van der Waals surface area contributed by atoms with Gasteiger partial charge in [-0.2, -0.15) is 0 Å². The van der Waals surface area contributed by atoms with Gasteiger partial charge in [-0.1, -0.05) is 0 Å². The van der Waals surface area contributed by atoms with E-state index in [0.717, 1.165) is 11.5 Å². The lowest BCUT2D eigenvalue weighted by Crippen LogP contribution is -2.25.